The summed E-state index contributed by atoms with van der Waals surface area (Å²) in [6.45, 7) is 1.60. The zero-order valence-electron chi connectivity index (χ0n) is 11.7. The molecule has 0 radical (unpaired) electrons. The molecule has 3 aliphatic heterocycles. The Kier molecular flexibility index (Phi) is 3.07. The Morgan fingerprint density at radius 3 is 2.71 bits per heavy atom. The van der Waals surface area contributed by atoms with E-state index in [0.29, 0.717) is 13.2 Å². The van der Waals surface area contributed by atoms with Crippen LogP contribution in [0.1, 0.15) is 18.4 Å². The molecule has 0 aliphatic carbocycles. The van der Waals surface area contributed by atoms with E-state index in [1.54, 1.807) is 6.08 Å². The summed E-state index contributed by atoms with van der Waals surface area (Å²) in [6, 6.07) is 6.17. The average Bonchev–Trinajstić information content (AvgIpc) is 3.06. The van der Waals surface area contributed by atoms with E-state index < -0.39 is 0 Å². The van der Waals surface area contributed by atoms with Crippen molar-refractivity contribution < 1.29 is 19.0 Å². The van der Waals surface area contributed by atoms with E-state index in [4.69, 9.17) is 14.2 Å². The fraction of sp³-hybridized carbons (Fsp3) is 0.438. The summed E-state index contributed by atoms with van der Waals surface area (Å²) in [7, 11) is 0. The molecule has 2 atom stereocenters. The van der Waals surface area contributed by atoms with Crippen molar-refractivity contribution in [3.8, 4) is 11.5 Å². The van der Waals surface area contributed by atoms with Gasteiger partial charge in [0.25, 0.3) is 0 Å². The molecule has 2 fully saturated rings. The molecule has 2 unspecified atom stereocenters. The third kappa shape index (κ3) is 2.27. The fourth-order valence-electron chi connectivity index (χ4n) is 3.26. The van der Waals surface area contributed by atoms with Gasteiger partial charge in [0.15, 0.2) is 11.5 Å². The molecule has 1 aromatic rings. The van der Waals surface area contributed by atoms with Crippen LogP contribution >= 0.6 is 0 Å². The molecule has 0 spiro atoms. The third-order valence-corrected chi connectivity index (χ3v) is 4.31. The van der Waals surface area contributed by atoms with Gasteiger partial charge in [-0.25, -0.2) is 0 Å². The highest BCUT2D eigenvalue weighted by Gasteiger charge is 2.39. The molecule has 0 saturated carbocycles. The van der Waals surface area contributed by atoms with Crippen molar-refractivity contribution in [3.63, 3.8) is 0 Å². The maximum Gasteiger partial charge on any atom is 0.247 e. The molecule has 2 bridgehead atoms. The quantitative estimate of drug-likeness (QED) is 0.779. The molecule has 4 rings (SSSR count). The Labute approximate surface area is 123 Å². The number of carbonyl (C=O) groups is 1. The highest BCUT2D eigenvalue weighted by molar-refractivity contribution is 5.92. The van der Waals surface area contributed by atoms with Gasteiger partial charge in [0, 0.05) is 6.08 Å². The summed E-state index contributed by atoms with van der Waals surface area (Å²) in [5.41, 5.74) is 0.938. The van der Waals surface area contributed by atoms with Gasteiger partial charge in [0.2, 0.25) is 12.7 Å². The molecule has 0 N–H and O–H groups in total. The van der Waals surface area contributed by atoms with E-state index in [-0.39, 0.29) is 24.8 Å². The van der Waals surface area contributed by atoms with E-state index >= 15 is 0 Å². The van der Waals surface area contributed by atoms with Crippen LogP contribution in [0.25, 0.3) is 6.08 Å². The van der Waals surface area contributed by atoms with E-state index in [1.807, 2.05) is 29.2 Å². The van der Waals surface area contributed by atoms with Crippen LogP contribution in [0.4, 0.5) is 0 Å². The Bertz CT molecular complexity index is 582. The van der Waals surface area contributed by atoms with Gasteiger partial charge >= 0.3 is 0 Å². The Morgan fingerprint density at radius 2 is 1.90 bits per heavy atom. The lowest BCUT2D eigenvalue weighted by Gasteiger charge is -2.33. The fourth-order valence-corrected chi connectivity index (χ4v) is 3.26. The van der Waals surface area contributed by atoms with Gasteiger partial charge in [-0.1, -0.05) is 6.07 Å². The first kappa shape index (κ1) is 12.7. The molecule has 5 nitrogen and oxygen atoms in total. The molecule has 1 amide bonds. The summed E-state index contributed by atoms with van der Waals surface area (Å²) >= 11 is 0. The van der Waals surface area contributed by atoms with E-state index in [0.717, 1.165) is 29.9 Å². The summed E-state index contributed by atoms with van der Waals surface area (Å²) in [4.78, 5) is 14.4. The largest absolute Gasteiger partial charge is 0.454 e. The van der Waals surface area contributed by atoms with Crippen molar-refractivity contribution >= 4 is 12.0 Å². The van der Waals surface area contributed by atoms with Crippen LogP contribution in [-0.4, -0.2) is 42.9 Å². The number of rotatable bonds is 2. The van der Waals surface area contributed by atoms with Crippen molar-refractivity contribution in [2.75, 3.05) is 20.0 Å². The van der Waals surface area contributed by atoms with Crippen LogP contribution in [0, 0.1) is 0 Å². The smallest absolute Gasteiger partial charge is 0.247 e. The minimum absolute atomic E-state index is 0.0727. The molecule has 3 heterocycles. The monoisotopic (exact) mass is 287 g/mol. The van der Waals surface area contributed by atoms with Gasteiger partial charge in [0.05, 0.1) is 25.3 Å². The van der Waals surface area contributed by atoms with E-state index in [9.17, 15) is 4.79 Å². The third-order valence-electron chi connectivity index (χ3n) is 4.31. The second kappa shape index (κ2) is 5.07. The Hall–Kier alpha value is -2.01. The van der Waals surface area contributed by atoms with Crippen LogP contribution in [0.15, 0.2) is 24.3 Å². The minimum atomic E-state index is 0.0727. The summed E-state index contributed by atoms with van der Waals surface area (Å²) in [5, 5.41) is 0. The molecule has 1 aromatic carbocycles. The number of benzene rings is 1. The zero-order valence-corrected chi connectivity index (χ0v) is 11.7. The highest BCUT2D eigenvalue weighted by atomic mass is 16.7. The minimum Gasteiger partial charge on any atom is -0.454 e. The number of fused-ring (bicyclic) bond motifs is 3. The van der Waals surface area contributed by atoms with E-state index in [1.165, 1.54) is 0 Å². The molecule has 2 saturated heterocycles. The van der Waals surface area contributed by atoms with Crippen LogP contribution in [0.3, 0.4) is 0 Å². The molecule has 3 aliphatic rings. The zero-order chi connectivity index (χ0) is 14.2. The van der Waals surface area contributed by atoms with Crippen molar-refractivity contribution in [2.24, 2.45) is 0 Å². The predicted molar refractivity (Wildman–Crippen MR) is 76.1 cm³/mol. The predicted octanol–water partition coefficient (Wildman–Crippen LogP) is 1.82. The Balaban J connectivity index is 1.49. The lowest BCUT2D eigenvalue weighted by Crippen LogP contribution is -2.48. The Morgan fingerprint density at radius 1 is 1.14 bits per heavy atom. The van der Waals surface area contributed by atoms with Crippen LogP contribution < -0.4 is 9.47 Å². The topological polar surface area (TPSA) is 48.0 Å². The number of hydrogen-bond acceptors (Lipinski definition) is 4. The SMILES string of the molecule is O=C(C=Cc1ccc2c(c1)OCO2)N1C2CCC1COC2. The molecule has 0 aromatic heterocycles. The molecule has 110 valence electrons. The normalized spacial score (nSPS) is 26.6. The first-order valence-corrected chi connectivity index (χ1v) is 7.29. The van der Waals surface area contributed by atoms with Gasteiger partial charge in [0.1, 0.15) is 0 Å². The van der Waals surface area contributed by atoms with Gasteiger partial charge in [-0.05, 0) is 36.6 Å². The molecule has 5 heteroatoms. The number of amides is 1. The maximum atomic E-state index is 12.4. The highest BCUT2D eigenvalue weighted by Crippen LogP contribution is 2.33. The number of nitrogens with zero attached hydrogens (tertiary/aromatic N) is 1. The standard InChI is InChI=1S/C16H17NO4/c18-16(17-12-3-4-13(17)9-19-8-12)6-2-11-1-5-14-15(7-11)21-10-20-14/h1-2,5-7,12-13H,3-4,8-10H2. The average molecular weight is 287 g/mol. The molecular formula is C16H17NO4. The first-order chi connectivity index (χ1) is 10.3. The van der Waals surface area contributed by atoms with Crippen LogP contribution in [-0.2, 0) is 9.53 Å². The number of morpholine rings is 1. The van der Waals surface area contributed by atoms with Gasteiger partial charge in [-0.2, -0.15) is 0 Å². The van der Waals surface area contributed by atoms with Crippen LogP contribution in [0.5, 0.6) is 11.5 Å². The van der Waals surface area contributed by atoms with Gasteiger partial charge < -0.3 is 19.1 Å². The van der Waals surface area contributed by atoms with Crippen molar-refractivity contribution in [1.82, 2.24) is 4.90 Å². The van der Waals surface area contributed by atoms with Crippen molar-refractivity contribution in [3.05, 3.63) is 29.8 Å². The maximum absolute atomic E-state index is 12.4. The lowest BCUT2D eigenvalue weighted by molar-refractivity contribution is -0.135. The van der Waals surface area contributed by atoms with Crippen LogP contribution in [0.2, 0.25) is 0 Å². The van der Waals surface area contributed by atoms with Crippen molar-refractivity contribution in [1.29, 1.82) is 0 Å². The second-order valence-electron chi connectivity index (χ2n) is 5.61. The first-order valence-electron chi connectivity index (χ1n) is 7.29. The summed E-state index contributed by atoms with van der Waals surface area (Å²) in [5.74, 6) is 1.56. The van der Waals surface area contributed by atoms with Gasteiger partial charge in [-0.15, -0.1) is 0 Å². The molecule has 21 heavy (non-hydrogen) atoms. The molecular weight excluding hydrogens is 270 g/mol. The van der Waals surface area contributed by atoms with Gasteiger partial charge in [-0.3, -0.25) is 4.79 Å². The van der Waals surface area contributed by atoms with E-state index in [2.05, 4.69) is 0 Å². The summed E-state index contributed by atoms with van der Waals surface area (Å²) in [6.07, 6.45) is 5.58. The second-order valence-corrected chi connectivity index (χ2v) is 5.61. The number of hydrogen-bond donors (Lipinski definition) is 0. The summed E-state index contributed by atoms with van der Waals surface area (Å²) < 4.78 is 16.1. The number of ether oxygens (including phenoxy) is 3. The van der Waals surface area contributed by atoms with Crippen molar-refractivity contribution in [2.45, 2.75) is 24.9 Å². The number of carbonyl (C=O) groups excluding carboxylic acids is 1. The lowest BCUT2D eigenvalue weighted by atomic mass is 10.1.